The van der Waals surface area contributed by atoms with Crippen LogP contribution in [0.4, 0.5) is 5.95 Å². The Kier molecular flexibility index (Phi) is 3.84. The number of nitrogens with one attached hydrogen (secondary N) is 1. The zero-order valence-electron chi connectivity index (χ0n) is 9.71. The van der Waals surface area contributed by atoms with Gasteiger partial charge in [0.15, 0.2) is 16.3 Å². The van der Waals surface area contributed by atoms with Crippen LogP contribution in [0.5, 0.6) is 0 Å². The van der Waals surface area contributed by atoms with Crippen LogP contribution in [-0.2, 0) is 11.5 Å². The fourth-order valence-electron chi connectivity index (χ4n) is 1.50. The van der Waals surface area contributed by atoms with Gasteiger partial charge in [-0.1, -0.05) is 11.8 Å². The van der Waals surface area contributed by atoms with Crippen LogP contribution >= 0.6 is 11.8 Å². The molecular formula is C9H13N5O3S. The predicted octanol–water partition coefficient (Wildman–Crippen LogP) is -0.610. The summed E-state index contributed by atoms with van der Waals surface area (Å²) >= 11 is 1.37. The van der Waals surface area contributed by atoms with Gasteiger partial charge in [-0.15, -0.1) is 0 Å². The quantitative estimate of drug-likeness (QED) is 0.490. The van der Waals surface area contributed by atoms with E-state index in [1.165, 1.54) is 11.8 Å². The van der Waals surface area contributed by atoms with Crippen LogP contribution in [0.25, 0.3) is 11.2 Å². The Morgan fingerprint density at radius 1 is 1.56 bits per heavy atom. The maximum Gasteiger partial charge on any atom is 0.280 e. The predicted molar refractivity (Wildman–Crippen MR) is 67.4 cm³/mol. The van der Waals surface area contributed by atoms with Crippen LogP contribution in [0.15, 0.2) is 9.95 Å². The van der Waals surface area contributed by atoms with Gasteiger partial charge in [0.25, 0.3) is 5.56 Å². The summed E-state index contributed by atoms with van der Waals surface area (Å²) in [6, 6.07) is 0. The van der Waals surface area contributed by atoms with E-state index in [1.54, 1.807) is 4.57 Å². The van der Waals surface area contributed by atoms with Crippen molar-refractivity contribution in [2.45, 2.75) is 11.9 Å². The SMILES string of the molecule is CSc1nc2c(=O)[nH]c(N)nc2n1COCCO. The lowest BCUT2D eigenvalue weighted by atomic mass is 10.5. The van der Waals surface area contributed by atoms with Gasteiger partial charge >= 0.3 is 0 Å². The summed E-state index contributed by atoms with van der Waals surface area (Å²) in [6.07, 6.45) is 1.83. The molecule has 0 amide bonds. The van der Waals surface area contributed by atoms with Crippen molar-refractivity contribution in [3.8, 4) is 0 Å². The molecular weight excluding hydrogens is 258 g/mol. The molecule has 0 radical (unpaired) electrons. The second-order valence-electron chi connectivity index (χ2n) is 3.41. The van der Waals surface area contributed by atoms with E-state index in [-0.39, 0.29) is 37.0 Å². The molecule has 0 aromatic carbocycles. The molecule has 0 fully saturated rings. The van der Waals surface area contributed by atoms with E-state index in [1.807, 2.05) is 6.26 Å². The van der Waals surface area contributed by atoms with Gasteiger partial charge in [-0.2, -0.15) is 4.98 Å². The first-order valence-corrected chi connectivity index (χ1v) is 6.38. The Morgan fingerprint density at radius 3 is 3.00 bits per heavy atom. The van der Waals surface area contributed by atoms with Crippen molar-refractivity contribution in [1.82, 2.24) is 19.5 Å². The monoisotopic (exact) mass is 271 g/mol. The van der Waals surface area contributed by atoms with Gasteiger partial charge in [0.2, 0.25) is 5.95 Å². The summed E-state index contributed by atoms with van der Waals surface area (Å²) in [5.74, 6) is 0.0310. The van der Waals surface area contributed by atoms with Crippen LogP contribution in [-0.4, -0.2) is 44.1 Å². The zero-order chi connectivity index (χ0) is 13.1. The van der Waals surface area contributed by atoms with Gasteiger partial charge in [-0.05, 0) is 6.26 Å². The molecule has 18 heavy (non-hydrogen) atoms. The Labute approximate surface area is 106 Å². The summed E-state index contributed by atoms with van der Waals surface area (Å²) in [5.41, 5.74) is 5.72. The highest BCUT2D eigenvalue weighted by Crippen LogP contribution is 2.19. The van der Waals surface area contributed by atoms with E-state index >= 15 is 0 Å². The van der Waals surface area contributed by atoms with Gasteiger partial charge in [0.05, 0.1) is 13.2 Å². The molecule has 2 aromatic rings. The smallest absolute Gasteiger partial charge is 0.280 e. The van der Waals surface area contributed by atoms with Crippen LogP contribution in [0.2, 0.25) is 0 Å². The minimum atomic E-state index is -0.381. The number of hydrogen-bond donors (Lipinski definition) is 3. The molecule has 98 valence electrons. The van der Waals surface area contributed by atoms with Crippen LogP contribution < -0.4 is 11.3 Å². The Hall–Kier alpha value is -1.58. The van der Waals surface area contributed by atoms with Crippen LogP contribution in [0, 0.1) is 0 Å². The number of thioether (sulfide) groups is 1. The minimum absolute atomic E-state index is 0.0310. The molecule has 8 nitrogen and oxygen atoms in total. The van der Waals surface area contributed by atoms with Gasteiger partial charge in [0, 0.05) is 0 Å². The minimum Gasteiger partial charge on any atom is -0.394 e. The lowest BCUT2D eigenvalue weighted by molar-refractivity contribution is 0.0458. The van der Waals surface area contributed by atoms with E-state index in [4.69, 9.17) is 15.6 Å². The summed E-state index contributed by atoms with van der Waals surface area (Å²) in [4.78, 5) is 22.3. The number of aromatic nitrogens is 4. The van der Waals surface area contributed by atoms with E-state index in [0.29, 0.717) is 10.8 Å². The molecule has 4 N–H and O–H groups in total. The molecule has 0 unspecified atom stereocenters. The highest BCUT2D eigenvalue weighted by atomic mass is 32.2. The van der Waals surface area contributed by atoms with Crippen molar-refractivity contribution < 1.29 is 9.84 Å². The number of H-pyrrole nitrogens is 1. The van der Waals surface area contributed by atoms with Crippen molar-refractivity contribution in [1.29, 1.82) is 0 Å². The normalized spacial score (nSPS) is 11.2. The summed E-state index contributed by atoms with van der Waals surface area (Å²) in [6.45, 7) is 0.284. The number of imidazole rings is 1. The molecule has 0 aliphatic heterocycles. The Morgan fingerprint density at radius 2 is 2.33 bits per heavy atom. The molecule has 2 aromatic heterocycles. The lowest BCUT2D eigenvalue weighted by Crippen LogP contribution is -2.13. The van der Waals surface area contributed by atoms with Gasteiger partial charge in [-0.25, -0.2) is 4.98 Å². The first kappa shape index (κ1) is 12.9. The van der Waals surface area contributed by atoms with Crippen molar-refractivity contribution >= 4 is 28.9 Å². The number of aliphatic hydroxyl groups is 1. The highest BCUT2D eigenvalue weighted by molar-refractivity contribution is 7.98. The topological polar surface area (TPSA) is 119 Å². The number of anilines is 1. The van der Waals surface area contributed by atoms with Crippen molar-refractivity contribution in [3.05, 3.63) is 10.4 Å². The number of nitrogens with two attached hydrogens (primary N) is 1. The standard InChI is InChI=1S/C9H13N5O3S/c1-18-9-11-5-6(12-8(10)13-7(5)16)14(9)4-17-3-2-15/h15H,2-4H2,1H3,(H3,10,12,13,16). The number of nitrogen functional groups attached to an aromatic ring is 1. The first-order valence-electron chi connectivity index (χ1n) is 5.16. The molecule has 0 saturated heterocycles. The average Bonchev–Trinajstić information content (AvgIpc) is 2.68. The second kappa shape index (κ2) is 5.38. The third-order valence-corrected chi connectivity index (χ3v) is 2.90. The number of ether oxygens (including phenoxy) is 1. The number of aromatic amines is 1. The molecule has 0 aliphatic carbocycles. The second-order valence-corrected chi connectivity index (χ2v) is 4.18. The van der Waals surface area contributed by atoms with E-state index in [9.17, 15) is 4.79 Å². The highest BCUT2D eigenvalue weighted by Gasteiger charge is 2.14. The molecule has 0 atom stereocenters. The van der Waals surface area contributed by atoms with Gasteiger partial charge < -0.3 is 15.6 Å². The number of nitrogens with zero attached hydrogens (tertiary/aromatic N) is 3. The Bertz CT molecular complexity index is 608. The summed E-state index contributed by atoms with van der Waals surface area (Å²) < 4.78 is 6.86. The fourth-order valence-corrected chi connectivity index (χ4v) is 2.04. The van der Waals surface area contributed by atoms with Gasteiger partial charge in [0.1, 0.15) is 6.73 Å². The van der Waals surface area contributed by atoms with Crippen molar-refractivity contribution in [3.63, 3.8) is 0 Å². The maximum atomic E-state index is 11.7. The fraction of sp³-hybridized carbons (Fsp3) is 0.444. The molecule has 0 bridgehead atoms. The lowest BCUT2D eigenvalue weighted by Gasteiger charge is -2.07. The average molecular weight is 271 g/mol. The Balaban J connectivity index is 2.50. The molecule has 2 rings (SSSR count). The van der Waals surface area contributed by atoms with Crippen molar-refractivity contribution in [2.24, 2.45) is 0 Å². The third-order valence-electron chi connectivity index (χ3n) is 2.23. The molecule has 9 heteroatoms. The number of rotatable bonds is 5. The summed E-state index contributed by atoms with van der Waals surface area (Å²) in [7, 11) is 0. The van der Waals surface area contributed by atoms with E-state index in [0.717, 1.165) is 0 Å². The third kappa shape index (κ3) is 2.33. The van der Waals surface area contributed by atoms with Gasteiger partial charge in [-0.3, -0.25) is 14.3 Å². The van der Waals surface area contributed by atoms with Crippen LogP contribution in [0.3, 0.4) is 0 Å². The largest absolute Gasteiger partial charge is 0.394 e. The maximum absolute atomic E-state index is 11.7. The molecule has 2 heterocycles. The molecule has 0 aliphatic rings. The summed E-state index contributed by atoms with van der Waals surface area (Å²) in [5, 5.41) is 9.28. The van der Waals surface area contributed by atoms with Crippen LogP contribution in [0.1, 0.15) is 0 Å². The molecule has 0 spiro atoms. The van der Waals surface area contributed by atoms with E-state index in [2.05, 4.69) is 15.0 Å². The first-order chi connectivity index (χ1) is 8.67. The number of hydrogen-bond acceptors (Lipinski definition) is 7. The molecule has 0 saturated carbocycles. The number of aliphatic hydroxyl groups excluding tert-OH is 1. The van der Waals surface area contributed by atoms with Crippen molar-refractivity contribution in [2.75, 3.05) is 25.2 Å². The van der Waals surface area contributed by atoms with E-state index < -0.39 is 0 Å². The zero-order valence-corrected chi connectivity index (χ0v) is 10.5. The number of fused-ring (bicyclic) bond motifs is 1.